The summed E-state index contributed by atoms with van der Waals surface area (Å²) in [7, 11) is 1.51. The third-order valence-corrected chi connectivity index (χ3v) is 4.48. The first-order chi connectivity index (χ1) is 13.2. The Kier molecular flexibility index (Phi) is 5.87. The van der Waals surface area contributed by atoms with Crippen LogP contribution >= 0.6 is 0 Å². The number of benzene rings is 1. The molecule has 0 saturated carbocycles. The Bertz CT molecular complexity index is 908. The van der Waals surface area contributed by atoms with Crippen molar-refractivity contribution in [2.24, 2.45) is 0 Å². The van der Waals surface area contributed by atoms with E-state index in [1.165, 1.54) is 7.11 Å². The number of hydrogen-bond acceptors (Lipinski definition) is 6. The first kappa shape index (κ1) is 18.6. The summed E-state index contributed by atoms with van der Waals surface area (Å²) in [5, 5.41) is 18.2. The maximum Gasteiger partial charge on any atom is 0.311 e. The highest BCUT2D eigenvalue weighted by Gasteiger charge is 2.18. The van der Waals surface area contributed by atoms with Gasteiger partial charge in [-0.2, -0.15) is 5.26 Å². The van der Waals surface area contributed by atoms with Crippen LogP contribution in [0.5, 0.6) is 11.5 Å². The van der Waals surface area contributed by atoms with Crippen molar-refractivity contribution >= 4 is 17.6 Å². The van der Waals surface area contributed by atoms with E-state index in [2.05, 4.69) is 16.3 Å². The average molecular weight is 366 g/mol. The summed E-state index contributed by atoms with van der Waals surface area (Å²) in [5.74, 6) is 1.98. The van der Waals surface area contributed by atoms with Crippen molar-refractivity contribution in [2.45, 2.75) is 45.6 Å². The summed E-state index contributed by atoms with van der Waals surface area (Å²) in [6.07, 6.45) is 6.22. The number of aryl methyl sites for hydroxylation is 1. The van der Waals surface area contributed by atoms with Gasteiger partial charge in [-0.15, -0.1) is 10.2 Å². The zero-order valence-corrected chi connectivity index (χ0v) is 15.6. The summed E-state index contributed by atoms with van der Waals surface area (Å²) < 4.78 is 12.6. The Hall–Kier alpha value is -3.14. The largest absolute Gasteiger partial charge is 0.493 e. The minimum absolute atomic E-state index is 0.279. The summed E-state index contributed by atoms with van der Waals surface area (Å²) in [5.41, 5.74) is 1.20. The molecule has 0 bridgehead atoms. The van der Waals surface area contributed by atoms with Crippen molar-refractivity contribution in [2.75, 3.05) is 7.11 Å². The van der Waals surface area contributed by atoms with Crippen molar-refractivity contribution in [3.8, 4) is 17.6 Å². The molecule has 0 radical (unpaired) electrons. The SMILES string of the molecule is CCC(=O)Oc1ccc(C=C(C#N)c2nnc3n2CCCCC3)cc1OC. The fourth-order valence-electron chi connectivity index (χ4n) is 3.05. The number of methoxy groups -OCH3 is 1. The predicted molar refractivity (Wildman–Crippen MR) is 100.0 cm³/mol. The van der Waals surface area contributed by atoms with Gasteiger partial charge in [-0.25, -0.2) is 0 Å². The van der Waals surface area contributed by atoms with Crippen LogP contribution in [0, 0.1) is 11.3 Å². The van der Waals surface area contributed by atoms with E-state index in [-0.39, 0.29) is 12.4 Å². The third-order valence-electron chi connectivity index (χ3n) is 4.48. The van der Waals surface area contributed by atoms with Gasteiger partial charge < -0.3 is 14.0 Å². The van der Waals surface area contributed by atoms with Gasteiger partial charge in [-0.3, -0.25) is 4.79 Å². The summed E-state index contributed by atoms with van der Waals surface area (Å²) in [6, 6.07) is 7.40. The van der Waals surface area contributed by atoms with E-state index in [0.717, 1.165) is 43.6 Å². The van der Waals surface area contributed by atoms with Crippen LogP contribution in [0.1, 0.15) is 49.8 Å². The van der Waals surface area contributed by atoms with Gasteiger partial charge in [0.15, 0.2) is 17.3 Å². The topological polar surface area (TPSA) is 90.0 Å². The van der Waals surface area contributed by atoms with E-state index in [9.17, 15) is 10.1 Å². The number of allylic oxidation sites excluding steroid dienone is 1. The van der Waals surface area contributed by atoms with Crippen molar-refractivity contribution < 1.29 is 14.3 Å². The van der Waals surface area contributed by atoms with Crippen LogP contribution in [-0.4, -0.2) is 27.8 Å². The normalized spacial score (nSPS) is 14.0. The summed E-state index contributed by atoms with van der Waals surface area (Å²) >= 11 is 0. The fraction of sp³-hybridized carbons (Fsp3) is 0.400. The molecule has 27 heavy (non-hydrogen) atoms. The van der Waals surface area contributed by atoms with E-state index in [1.54, 1.807) is 31.2 Å². The Balaban J connectivity index is 1.94. The maximum atomic E-state index is 11.5. The number of ether oxygens (including phenoxy) is 2. The minimum atomic E-state index is -0.333. The Morgan fingerprint density at radius 3 is 2.89 bits per heavy atom. The molecule has 0 unspecified atom stereocenters. The molecular formula is C20H22N4O3. The molecule has 140 valence electrons. The van der Waals surface area contributed by atoms with Crippen molar-refractivity contribution in [3.63, 3.8) is 0 Å². The third kappa shape index (κ3) is 4.17. The van der Waals surface area contributed by atoms with Crippen LogP contribution in [0.2, 0.25) is 0 Å². The lowest BCUT2D eigenvalue weighted by molar-refractivity contribution is -0.134. The zero-order chi connectivity index (χ0) is 19.2. The number of rotatable bonds is 5. The van der Waals surface area contributed by atoms with E-state index in [1.807, 2.05) is 4.57 Å². The molecule has 1 aromatic heterocycles. The summed E-state index contributed by atoms with van der Waals surface area (Å²) in [4.78, 5) is 11.5. The first-order valence-electron chi connectivity index (χ1n) is 9.09. The molecule has 0 fully saturated rings. The van der Waals surface area contributed by atoms with Gasteiger partial charge in [0, 0.05) is 19.4 Å². The molecule has 2 aromatic rings. The van der Waals surface area contributed by atoms with Gasteiger partial charge in [0.25, 0.3) is 0 Å². The van der Waals surface area contributed by atoms with Crippen LogP contribution in [0.15, 0.2) is 18.2 Å². The number of carbonyl (C=O) groups excluding carboxylic acids is 1. The molecule has 2 heterocycles. The maximum absolute atomic E-state index is 11.5. The van der Waals surface area contributed by atoms with E-state index in [0.29, 0.717) is 22.9 Å². The lowest BCUT2D eigenvalue weighted by atomic mass is 10.1. The molecule has 7 heteroatoms. The lowest BCUT2D eigenvalue weighted by Gasteiger charge is -2.10. The Labute approximate surface area is 158 Å². The molecule has 0 amide bonds. The number of esters is 1. The highest BCUT2D eigenvalue weighted by atomic mass is 16.6. The smallest absolute Gasteiger partial charge is 0.311 e. The molecule has 7 nitrogen and oxygen atoms in total. The molecule has 1 aromatic carbocycles. The monoisotopic (exact) mass is 366 g/mol. The van der Waals surface area contributed by atoms with Crippen LogP contribution in [-0.2, 0) is 17.8 Å². The van der Waals surface area contributed by atoms with Gasteiger partial charge in [-0.1, -0.05) is 19.4 Å². The Morgan fingerprint density at radius 1 is 1.30 bits per heavy atom. The highest BCUT2D eigenvalue weighted by Crippen LogP contribution is 2.30. The standard InChI is InChI=1S/C20H22N4O3/c1-3-19(25)27-16-9-8-14(12-17(16)26-2)11-15(13-21)20-23-22-18-7-5-4-6-10-24(18)20/h8-9,11-12H,3-7,10H2,1-2H3. The predicted octanol–water partition coefficient (Wildman–Crippen LogP) is 3.39. The molecule has 0 N–H and O–H groups in total. The summed E-state index contributed by atoms with van der Waals surface area (Å²) in [6.45, 7) is 2.55. The van der Waals surface area contributed by atoms with Gasteiger partial charge in [0.05, 0.1) is 12.7 Å². The average Bonchev–Trinajstić information content (AvgIpc) is 2.94. The second-order valence-electron chi connectivity index (χ2n) is 6.31. The van der Waals surface area contributed by atoms with Crippen LogP contribution < -0.4 is 9.47 Å². The molecule has 0 atom stereocenters. The minimum Gasteiger partial charge on any atom is -0.493 e. The van der Waals surface area contributed by atoms with Crippen molar-refractivity contribution in [3.05, 3.63) is 35.4 Å². The van der Waals surface area contributed by atoms with Crippen LogP contribution in [0.4, 0.5) is 0 Å². The molecule has 3 rings (SSSR count). The fourth-order valence-corrected chi connectivity index (χ4v) is 3.05. The Morgan fingerprint density at radius 2 is 2.15 bits per heavy atom. The van der Waals surface area contributed by atoms with Crippen molar-refractivity contribution in [1.82, 2.24) is 14.8 Å². The van der Waals surface area contributed by atoms with Gasteiger partial charge in [0.1, 0.15) is 11.9 Å². The number of nitriles is 1. The van der Waals surface area contributed by atoms with Crippen LogP contribution in [0.3, 0.4) is 0 Å². The second kappa shape index (κ2) is 8.49. The van der Waals surface area contributed by atoms with E-state index < -0.39 is 0 Å². The quantitative estimate of drug-likeness (QED) is 0.458. The molecule has 0 spiro atoms. The van der Waals surface area contributed by atoms with Crippen molar-refractivity contribution in [1.29, 1.82) is 5.26 Å². The number of aromatic nitrogens is 3. The molecule has 0 saturated heterocycles. The number of hydrogen-bond donors (Lipinski definition) is 0. The molecule has 1 aliphatic heterocycles. The zero-order valence-electron chi connectivity index (χ0n) is 15.6. The lowest BCUT2D eigenvalue weighted by Crippen LogP contribution is -2.06. The number of nitrogens with zero attached hydrogens (tertiary/aromatic N) is 4. The van der Waals surface area contributed by atoms with E-state index in [4.69, 9.17) is 9.47 Å². The van der Waals surface area contributed by atoms with E-state index >= 15 is 0 Å². The highest BCUT2D eigenvalue weighted by molar-refractivity contribution is 5.87. The van der Waals surface area contributed by atoms with Gasteiger partial charge in [-0.05, 0) is 36.6 Å². The molecule has 1 aliphatic rings. The van der Waals surface area contributed by atoms with Gasteiger partial charge >= 0.3 is 5.97 Å². The first-order valence-corrected chi connectivity index (χ1v) is 9.09. The molecule has 0 aliphatic carbocycles. The second-order valence-corrected chi connectivity index (χ2v) is 6.31. The van der Waals surface area contributed by atoms with Gasteiger partial charge in [0.2, 0.25) is 0 Å². The van der Waals surface area contributed by atoms with Crippen LogP contribution in [0.25, 0.3) is 11.6 Å². The number of carbonyl (C=O) groups is 1. The number of fused-ring (bicyclic) bond motifs is 1. The molecular weight excluding hydrogens is 344 g/mol.